The van der Waals surface area contributed by atoms with Gasteiger partial charge in [0.05, 0.1) is 6.54 Å². The lowest BCUT2D eigenvalue weighted by Gasteiger charge is -2.37. The molecule has 0 aliphatic carbocycles. The van der Waals surface area contributed by atoms with E-state index in [1.165, 1.54) is 18.5 Å². The Morgan fingerprint density at radius 2 is 1.89 bits per heavy atom. The Balaban J connectivity index is 0.00000280. The summed E-state index contributed by atoms with van der Waals surface area (Å²) in [5.74, 6) is 0.957. The summed E-state index contributed by atoms with van der Waals surface area (Å²) >= 11 is 0. The van der Waals surface area contributed by atoms with Gasteiger partial charge in [0, 0.05) is 57.0 Å². The Labute approximate surface area is 187 Å². The monoisotopic (exact) mass is 500 g/mol. The zero-order chi connectivity index (χ0) is 19.1. The minimum atomic E-state index is 0. The van der Waals surface area contributed by atoms with Gasteiger partial charge in [0.15, 0.2) is 5.96 Å². The van der Waals surface area contributed by atoms with E-state index in [-0.39, 0.29) is 24.0 Å². The maximum atomic E-state index is 4.92. The van der Waals surface area contributed by atoms with E-state index in [4.69, 9.17) is 4.99 Å². The van der Waals surface area contributed by atoms with Gasteiger partial charge in [0.2, 0.25) is 0 Å². The van der Waals surface area contributed by atoms with E-state index in [1.807, 2.05) is 0 Å². The third-order valence-corrected chi connectivity index (χ3v) is 5.67. The van der Waals surface area contributed by atoms with Crippen molar-refractivity contribution in [1.82, 2.24) is 20.4 Å². The van der Waals surface area contributed by atoms with Gasteiger partial charge in [-0.25, -0.2) is 0 Å². The average molecular weight is 500 g/mol. The number of nitrogens with zero attached hydrogens (tertiary/aromatic N) is 4. The fourth-order valence-electron chi connectivity index (χ4n) is 3.98. The van der Waals surface area contributed by atoms with Crippen LogP contribution in [-0.2, 0) is 0 Å². The highest BCUT2D eigenvalue weighted by atomic mass is 127. The van der Waals surface area contributed by atoms with Crippen molar-refractivity contribution < 1.29 is 0 Å². The van der Waals surface area contributed by atoms with Crippen LogP contribution in [0.15, 0.2) is 35.3 Å². The summed E-state index contributed by atoms with van der Waals surface area (Å²) < 4.78 is 0. The highest BCUT2D eigenvalue weighted by Crippen LogP contribution is 2.19. The lowest BCUT2D eigenvalue weighted by Crippen LogP contribution is -2.53. The van der Waals surface area contributed by atoms with Crippen LogP contribution in [0.1, 0.15) is 19.8 Å². The topological polar surface area (TPSA) is 46.1 Å². The molecule has 0 aromatic heterocycles. The lowest BCUT2D eigenvalue weighted by molar-refractivity contribution is 0.119. The summed E-state index contributed by atoms with van der Waals surface area (Å²) in [4.78, 5) is 12.2. The van der Waals surface area contributed by atoms with Gasteiger partial charge in [-0.3, -0.25) is 9.89 Å². The molecule has 2 heterocycles. The Morgan fingerprint density at radius 3 is 2.64 bits per heavy atom. The zero-order valence-corrected chi connectivity index (χ0v) is 19.9. The van der Waals surface area contributed by atoms with E-state index in [1.54, 1.807) is 0 Å². The van der Waals surface area contributed by atoms with Gasteiger partial charge in [-0.2, -0.15) is 0 Å². The smallest absolute Gasteiger partial charge is 0.191 e. The summed E-state index contributed by atoms with van der Waals surface area (Å²) in [5.41, 5.74) is 1.32. The summed E-state index contributed by atoms with van der Waals surface area (Å²) in [6.07, 6.45) is 2.40. The molecule has 158 valence electrons. The Hall–Kier alpha value is -1.06. The molecule has 28 heavy (non-hydrogen) atoms. The molecule has 0 bridgehead atoms. The first-order valence-corrected chi connectivity index (χ1v) is 10.4. The molecule has 2 aliphatic rings. The first kappa shape index (κ1) is 23.2. The fourth-order valence-corrected chi connectivity index (χ4v) is 3.98. The molecule has 6 nitrogen and oxygen atoms in total. The average Bonchev–Trinajstić information content (AvgIpc) is 2.69. The van der Waals surface area contributed by atoms with Gasteiger partial charge in [0.1, 0.15) is 0 Å². The van der Waals surface area contributed by atoms with Gasteiger partial charge in [0.25, 0.3) is 0 Å². The molecule has 0 amide bonds. The van der Waals surface area contributed by atoms with Crippen molar-refractivity contribution in [2.75, 3.05) is 64.8 Å². The number of para-hydroxylation sites is 1. The number of aliphatic imine (C=N–C) groups is 1. The Morgan fingerprint density at radius 1 is 1.11 bits per heavy atom. The quantitative estimate of drug-likeness (QED) is 0.369. The number of rotatable bonds is 5. The SMILES string of the molecule is CCNC(=NCC1CN(C)CCN1C)NC1CCCN(c2ccccc2)C1.I. The minimum absolute atomic E-state index is 0. The molecule has 3 rings (SSSR count). The van der Waals surface area contributed by atoms with E-state index in [9.17, 15) is 0 Å². The maximum Gasteiger partial charge on any atom is 0.191 e. The zero-order valence-electron chi connectivity index (χ0n) is 17.6. The highest BCUT2D eigenvalue weighted by Gasteiger charge is 2.23. The van der Waals surface area contributed by atoms with Crippen molar-refractivity contribution in [2.45, 2.75) is 31.8 Å². The normalized spacial score (nSPS) is 24.5. The van der Waals surface area contributed by atoms with Crippen LogP contribution in [0.2, 0.25) is 0 Å². The van der Waals surface area contributed by atoms with Crippen LogP contribution in [0.25, 0.3) is 0 Å². The lowest BCUT2D eigenvalue weighted by atomic mass is 10.1. The van der Waals surface area contributed by atoms with Gasteiger partial charge < -0.3 is 20.4 Å². The first-order chi connectivity index (χ1) is 13.2. The van der Waals surface area contributed by atoms with Crippen LogP contribution < -0.4 is 15.5 Å². The standard InChI is InChI=1S/C21H36N6.HI/c1-4-22-21(23-15-20-17-25(2)13-14-26(20)3)24-18-9-8-12-27(16-18)19-10-6-5-7-11-19;/h5-7,10-11,18,20H,4,8-9,12-17H2,1-3H3,(H2,22,23,24);1H. The van der Waals surface area contributed by atoms with Crippen molar-refractivity contribution in [3.05, 3.63) is 30.3 Å². The molecule has 2 unspecified atom stereocenters. The van der Waals surface area contributed by atoms with Crippen LogP contribution in [0.3, 0.4) is 0 Å². The van der Waals surface area contributed by atoms with Crippen molar-refractivity contribution in [1.29, 1.82) is 0 Å². The molecule has 1 aromatic carbocycles. The fraction of sp³-hybridized carbons (Fsp3) is 0.667. The number of halogens is 1. The molecule has 2 saturated heterocycles. The van der Waals surface area contributed by atoms with E-state index in [0.717, 1.165) is 51.8 Å². The van der Waals surface area contributed by atoms with E-state index < -0.39 is 0 Å². The van der Waals surface area contributed by atoms with Gasteiger partial charge in [-0.15, -0.1) is 24.0 Å². The maximum absolute atomic E-state index is 4.92. The van der Waals surface area contributed by atoms with E-state index >= 15 is 0 Å². The highest BCUT2D eigenvalue weighted by molar-refractivity contribution is 14.0. The van der Waals surface area contributed by atoms with Crippen LogP contribution in [0, 0.1) is 0 Å². The van der Waals surface area contributed by atoms with Crippen LogP contribution >= 0.6 is 24.0 Å². The van der Waals surface area contributed by atoms with Crippen molar-refractivity contribution in [3.8, 4) is 0 Å². The second kappa shape index (κ2) is 11.8. The van der Waals surface area contributed by atoms with Crippen LogP contribution in [0.5, 0.6) is 0 Å². The van der Waals surface area contributed by atoms with Crippen LogP contribution in [-0.4, -0.2) is 87.8 Å². The van der Waals surface area contributed by atoms with E-state index in [0.29, 0.717) is 12.1 Å². The molecule has 2 atom stereocenters. The Kier molecular flexibility index (Phi) is 9.81. The second-order valence-electron chi connectivity index (χ2n) is 7.88. The molecular weight excluding hydrogens is 463 g/mol. The summed E-state index contributed by atoms with van der Waals surface area (Å²) in [6.45, 7) is 9.38. The number of likely N-dealkylation sites (N-methyl/N-ethyl adjacent to an activating group) is 2. The number of nitrogens with one attached hydrogen (secondary N) is 2. The number of hydrogen-bond donors (Lipinski definition) is 2. The molecule has 1 aromatic rings. The number of hydrogen-bond acceptors (Lipinski definition) is 4. The Bertz CT molecular complexity index is 596. The summed E-state index contributed by atoms with van der Waals surface area (Å²) in [5, 5.41) is 7.13. The number of guanidine groups is 1. The van der Waals surface area contributed by atoms with E-state index in [2.05, 4.69) is 76.7 Å². The molecule has 0 saturated carbocycles. The molecule has 2 fully saturated rings. The summed E-state index contributed by atoms with van der Waals surface area (Å²) in [7, 11) is 4.42. The van der Waals surface area contributed by atoms with Gasteiger partial charge in [-0.05, 0) is 46.0 Å². The third-order valence-electron chi connectivity index (χ3n) is 5.67. The third kappa shape index (κ3) is 6.77. The van der Waals surface area contributed by atoms with Gasteiger partial charge in [-0.1, -0.05) is 18.2 Å². The van der Waals surface area contributed by atoms with Crippen LogP contribution in [0.4, 0.5) is 5.69 Å². The number of piperidine rings is 1. The first-order valence-electron chi connectivity index (χ1n) is 10.4. The molecule has 0 spiro atoms. The van der Waals surface area contributed by atoms with Crippen molar-refractivity contribution in [2.24, 2.45) is 4.99 Å². The largest absolute Gasteiger partial charge is 0.369 e. The molecule has 0 radical (unpaired) electrons. The molecule has 2 N–H and O–H groups in total. The number of anilines is 1. The number of piperazine rings is 1. The molecule has 2 aliphatic heterocycles. The molecular formula is C21H37IN6. The second-order valence-corrected chi connectivity index (χ2v) is 7.88. The minimum Gasteiger partial charge on any atom is -0.369 e. The number of benzene rings is 1. The predicted octanol–water partition coefficient (Wildman–Crippen LogP) is 2.07. The predicted molar refractivity (Wildman–Crippen MR) is 130 cm³/mol. The molecule has 7 heteroatoms. The van der Waals surface area contributed by atoms with Crippen molar-refractivity contribution >= 4 is 35.6 Å². The summed E-state index contributed by atoms with van der Waals surface area (Å²) in [6, 6.07) is 11.7. The van der Waals surface area contributed by atoms with Crippen molar-refractivity contribution in [3.63, 3.8) is 0 Å². The van der Waals surface area contributed by atoms with Gasteiger partial charge >= 0.3 is 0 Å².